The van der Waals surface area contributed by atoms with E-state index in [9.17, 15) is 5.11 Å². The van der Waals surface area contributed by atoms with E-state index in [0.717, 1.165) is 19.3 Å². The predicted octanol–water partition coefficient (Wildman–Crippen LogP) is 8.53. The molecule has 9 rings (SSSR count). The number of rotatable bonds is 17. The summed E-state index contributed by atoms with van der Waals surface area (Å²) in [6.45, 7) is 37.6. The Morgan fingerprint density at radius 3 is 0.838 bits per heavy atom. The smallest absolute Gasteiger partial charge is 0.113 e. The molecule has 5 aliphatic heterocycles. The molecular formula is C61H114N8O5. The number of hydrogen-bond donors (Lipinski definition) is 9. The number of fused-ring (bicyclic) bond motifs is 20. The van der Waals surface area contributed by atoms with Crippen LogP contribution in [0.4, 0.5) is 0 Å². The first-order valence-electron chi connectivity index (χ1n) is 31.6. The zero-order valence-corrected chi connectivity index (χ0v) is 49.6. The molecule has 0 aromatic heterocycles. The van der Waals surface area contributed by atoms with Gasteiger partial charge in [0.25, 0.3) is 0 Å². The molecule has 5 saturated heterocycles. The SMILES string of the molecule is CC(C)C(OC1C(OC(C(C)C)C(C)C)C(OC(C(C)C)C(C)C)C2C3NC4NC(NC5NC(NC6NC(NC(N3)C2C1OC(C(C)C)C(C)C)C1CCCCC61)C1CCCCC51)C1CCCC(CO)C41)C(C)C. The molecule has 0 amide bonds. The first-order valence-corrected chi connectivity index (χ1v) is 31.6. The van der Waals surface area contributed by atoms with E-state index >= 15 is 0 Å². The van der Waals surface area contributed by atoms with Gasteiger partial charge < -0.3 is 24.1 Å². The van der Waals surface area contributed by atoms with Crippen LogP contribution in [-0.2, 0) is 18.9 Å². The van der Waals surface area contributed by atoms with Gasteiger partial charge in [0.1, 0.15) is 12.2 Å². The molecule has 13 nitrogen and oxygen atoms in total. The van der Waals surface area contributed by atoms with Crippen LogP contribution >= 0.6 is 0 Å². The van der Waals surface area contributed by atoms with Crippen LogP contribution in [0.2, 0.25) is 0 Å². The van der Waals surface area contributed by atoms with Crippen LogP contribution in [0.25, 0.3) is 0 Å². The minimum absolute atomic E-state index is 0.00157. The number of nitrogens with one attached hydrogen (secondary N) is 8. The van der Waals surface area contributed by atoms with Gasteiger partial charge in [0.15, 0.2) is 0 Å². The summed E-state index contributed by atoms with van der Waals surface area (Å²) in [7, 11) is 0. The van der Waals surface area contributed by atoms with Crippen LogP contribution in [0.1, 0.15) is 181 Å². The number of ether oxygens (including phenoxy) is 4. The fourth-order valence-electron chi connectivity index (χ4n) is 18.1. The van der Waals surface area contributed by atoms with Crippen molar-refractivity contribution in [1.29, 1.82) is 0 Å². The lowest BCUT2D eigenvalue weighted by Crippen LogP contribution is -2.68. The standard InChI is InChI=1S/C61H114N8O5/c1-29(2)46(30(3)4)71-50-44-45(51(72-47(31(5)6)32(7)8)53(74-49(35(13)14)36(15)16)52(50)73-48(33(9)10)34(11)12)61-68-59-43-37(28-70)22-21-27-42(43)58(67-59)65-56-39-24-18-17-23-38(39)54(63-56)62-55-40-25-19-20-26-41(40)57(64-55)66-60(44)69-61/h29-70H,17-28H2,1-16H3. The fourth-order valence-corrected chi connectivity index (χ4v) is 18.1. The summed E-state index contributed by atoms with van der Waals surface area (Å²) in [5.41, 5.74) is 0. The minimum Gasteiger partial charge on any atom is -0.396 e. The van der Waals surface area contributed by atoms with Gasteiger partial charge in [-0.3, -0.25) is 42.5 Å². The Hall–Kier alpha value is -0.520. The Morgan fingerprint density at radius 2 is 0.541 bits per heavy atom. The van der Waals surface area contributed by atoms with E-state index in [4.69, 9.17) is 18.9 Å². The highest BCUT2D eigenvalue weighted by molar-refractivity contribution is 5.15. The molecule has 9 fully saturated rings. The summed E-state index contributed by atoms with van der Waals surface area (Å²) < 4.78 is 32.0. The van der Waals surface area contributed by atoms with E-state index in [0.29, 0.717) is 65.1 Å². The van der Waals surface area contributed by atoms with E-state index < -0.39 is 12.2 Å². The van der Waals surface area contributed by atoms with Gasteiger partial charge in [-0.05, 0) is 127 Å². The summed E-state index contributed by atoms with van der Waals surface area (Å²) in [5.74, 6) is 5.34. The van der Waals surface area contributed by atoms with Crippen molar-refractivity contribution in [3.05, 3.63) is 0 Å². The summed E-state index contributed by atoms with van der Waals surface area (Å²) in [6.07, 6.45) is 12.7. The second-order valence-electron chi connectivity index (χ2n) is 28.9. The highest BCUT2D eigenvalue weighted by atomic mass is 16.6. The van der Waals surface area contributed by atoms with Crippen molar-refractivity contribution >= 4 is 0 Å². The molecule has 428 valence electrons. The van der Waals surface area contributed by atoms with Gasteiger partial charge in [-0.1, -0.05) is 143 Å². The first-order chi connectivity index (χ1) is 35.3. The van der Waals surface area contributed by atoms with Gasteiger partial charge in [0.2, 0.25) is 0 Å². The summed E-state index contributed by atoms with van der Waals surface area (Å²) in [6, 6.07) is 0. The summed E-state index contributed by atoms with van der Waals surface area (Å²) in [5, 5.41) is 46.4. The average molecular weight is 1040 g/mol. The molecule has 4 saturated carbocycles. The lowest BCUT2D eigenvalue weighted by Gasteiger charge is -2.54. The van der Waals surface area contributed by atoms with E-state index in [1.165, 1.54) is 51.4 Å². The second kappa shape index (κ2) is 24.7. The van der Waals surface area contributed by atoms with Crippen molar-refractivity contribution in [1.82, 2.24) is 42.5 Å². The van der Waals surface area contributed by atoms with Crippen LogP contribution in [0.5, 0.6) is 0 Å². The molecule has 9 N–H and O–H groups in total. The van der Waals surface area contributed by atoms with Crippen LogP contribution in [0, 0.1) is 101 Å². The first kappa shape index (κ1) is 58.1. The van der Waals surface area contributed by atoms with Gasteiger partial charge in [-0.15, -0.1) is 0 Å². The van der Waals surface area contributed by atoms with Crippen molar-refractivity contribution in [2.24, 2.45) is 101 Å². The molecule has 13 heteroatoms. The van der Waals surface area contributed by atoms with Crippen LogP contribution < -0.4 is 42.5 Å². The minimum atomic E-state index is -0.403. The van der Waals surface area contributed by atoms with Crippen molar-refractivity contribution in [2.75, 3.05) is 6.61 Å². The summed E-state index contributed by atoms with van der Waals surface area (Å²) in [4.78, 5) is 0. The third-order valence-electron chi connectivity index (χ3n) is 21.0. The maximum absolute atomic E-state index is 11.3. The van der Waals surface area contributed by atoms with Crippen LogP contribution in [-0.4, -0.2) is 110 Å². The Balaban J connectivity index is 1.23. The van der Waals surface area contributed by atoms with E-state index in [2.05, 4.69) is 153 Å². The lowest BCUT2D eigenvalue weighted by molar-refractivity contribution is -0.288. The highest BCUT2D eigenvalue weighted by Gasteiger charge is 2.65. The lowest BCUT2D eigenvalue weighted by atomic mass is 9.70. The third-order valence-corrected chi connectivity index (χ3v) is 21.0. The van der Waals surface area contributed by atoms with Crippen LogP contribution in [0.15, 0.2) is 0 Å². The number of aliphatic hydroxyl groups excluding tert-OH is 1. The molecular weight excluding hydrogens is 925 g/mol. The maximum Gasteiger partial charge on any atom is 0.113 e. The van der Waals surface area contributed by atoms with Gasteiger partial charge in [-0.25, -0.2) is 0 Å². The molecule has 21 atom stereocenters. The molecule has 21 unspecified atom stereocenters. The molecule has 4 aliphatic carbocycles. The monoisotopic (exact) mass is 1040 g/mol. The largest absolute Gasteiger partial charge is 0.396 e. The highest BCUT2D eigenvalue weighted by Crippen LogP contribution is 2.51. The zero-order valence-electron chi connectivity index (χ0n) is 49.6. The molecule has 0 aromatic rings. The predicted molar refractivity (Wildman–Crippen MR) is 298 cm³/mol. The topological polar surface area (TPSA) is 153 Å². The van der Waals surface area contributed by atoms with Gasteiger partial charge >= 0.3 is 0 Å². The third kappa shape index (κ3) is 11.8. The van der Waals surface area contributed by atoms with Crippen LogP contribution in [0.3, 0.4) is 0 Å². The van der Waals surface area contributed by atoms with Crippen molar-refractivity contribution in [3.63, 3.8) is 0 Å². The van der Waals surface area contributed by atoms with Crippen molar-refractivity contribution in [2.45, 2.75) is 280 Å². The zero-order chi connectivity index (χ0) is 53.0. The molecule has 8 bridgehead atoms. The van der Waals surface area contributed by atoms with E-state index in [1.54, 1.807) is 0 Å². The Labute approximate surface area is 451 Å². The molecule has 5 heterocycles. The fraction of sp³-hybridized carbons (Fsp3) is 1.00. The Bertz CT molecular complexity index is 1720. The second-order valence-corrected chi connectivity index (χ2v) is 28.9. The molecule has 74 heavy (non-hydrogen) atoms. The molecule has 9 aliphatic rings. The molecule has 0 spiro atoms. The number of hydrogen-bond acceptors (Lipinski definition) is 13. The average Bonchev–Trinajstić information content (AvgIpc) is 4.09. The van der Waals surface area contributed by atoms with Gasteiger partial charge in [0, 0.05) is 18.4 Å². The Morgan fingerprint density at radius 1 is 0.297 bits per heavy atom. The maximum atomic E-state index is 11.3. The molecule has 0 radical (unpaired) electrons. The van der Waals surface area contributed by atoms with E-state index in [-0.39, 0.29) is 128 Å². The van der Waals surface area contributed by atoms with Gasteiger partial charge in [0.05, 0.1) is 86.0 Å². The van der Waals surface area contributed by atoms with Crippen molar-refractivity contribution in [3.8, 4) is 0 Å². The quantitative estimate of drug-likeness (QED) is 0.0685. The molecule has 0 aromatic carbocycles. The van der Waals surface area contributed by atoms with Gasteiger partial charge in [-0.2, -0.15) is 0 Å². The normalized spacial score (nSPS) is 42.7. The Kier molecular flexibility index (Phi) is 19.4. The van der Waals surface area contributed by atoms with E-state index in [1.807, 2.05) is 0 Å². The van der Waals surface area contributed by atoms with Crippen molar-refractivity contribution < 1.29 is 24.1 Å². The summed E-state index contributed by atoms with van der Waals surface area (Å²) >= 11 is 0. The number of aliphatic hydroxyl groups is 1.